The van der Waals surface area contributed by atoms with Gasteiger partial charge in [-0.2, -0.15) is 0 Å². The van der Waals surface area contributed by atoms with Gasteiger partial charge in [0.25, 0.3) is 11.5 Å². The lowest BCUT2D eigenvalue weighted by atomic mass is 9.91. The van der Waals surface area contributed by atoms with Crippen molar-refractivity contribution in [2.75, 3.05) is 24.5 Å². The Kier molecular flexibility index (Phi) is 7.24. The van der Waals surface area contributed by atoms with E-state index in [4.69, 9.17) is 17.2 Å². The number of anilines is 1. The van der Waals surface area contributed by atoms with Crippen LogP contribution in [0.5, 0.6) is 0 Å². The van der Waals surface area contributed by atoms with Crippen molar-refractivity contribution < 1.29 is 4.79 Å². The molecular weight excluding hydrogens is 452 g/mol. The first-order valence-electron chi connectivity index (χ1n) is 11.8. The Morgan fingerprint density at radius 2 is 1.91 bits per heavy atom. The van der Waals surface area contributed by atoms with Crippen LogP contribution in [0.25, 0.3) is 11.7 Å². The number of thiocarbonyl (C=S) groups is 1. The molecule has 0 bridgehead atoms. The Morgan fingerprint density at radius 1 is 1.18 bits per heavy atom. The summed E-state index contributed by atoms with van der Waals surface area (Å²) in [5, 5.41) is 0. The number of fused-ring (bicyclic) bond motifs is 1. The Bertz CT molecular complexity index is 1160. The monoisotopic (exact) mass is 484 g/mol. The van der Waals surface area contributed by atoms with Gasteiger partial charge in [0.05, 0.1) is 10.5 Å². The molecule has 8 heteroatoms. The quantitative estimate of drug-likeness (QED) is 0.331. The number of pyridine rings is 1. The fraction of sp³-hybridized carbons (Fsp3) is 0.520. The number of unbranched alkanes of at least 4 members (excludes halogenated alkanes) is 2. The number of piperidine rings is 1. The van der Waals surface area contributed by atoms with Gasteiger partial charge < -0.3 is 4.90 Å². The lowest BCUT2D eigenvalue weighted by Crippen LogP contribution is -2.40. The van der Waals surface area contributed by atoms with Gasteiger partial charge in [-0.25, -0.2) is 4.98 Å². The molecule has 0 N–H and O–H groups in total. The molecule has 2 atom stereocenters. The molecule has 1 amide bonds. The van der Waals surface area contributed by atoms with E-state index in [-0.39, 0.29) is 11.5 Å². The largest absolute Gasteiger partial charge is 0.355 e. The van der Waals surface area contributed by atoms with Crippen molar-refractivity contribution in [3.63, 3.8) is 0 Å². The maximum absolute atomic E-state index is 13.7. The van der Waals surface area contributed by atoms with Crippen molar-refractivity contribution in [2.45, 2.75) is 53.4 Å². The first-order valence-corrected chi connectivity index (χ1v) is 13.0. The molecule has 2 aromatic heterocycles. The summed E-state index contributed by atoms with van der Waals surface area (Å²) in [7, 11) is 0. The third-order valence-corrected chi connectivity index (χ3v) is 7.67. The topological polar surface area (TPSA) is 57.9 Å². The predicted octanol–water partition coefficient (Wildman–Crippen LogP) is 4.88. The van der Waals surface area contributed by atoms with E-state index >= 15 is 0 Å². The summed E-state index contributed by atoms with van der Waals surface area (Å²) in [5.74, 6) is 1.58. The van der Waals surface area contributed by atoms with Crippen LogP contribution in [-0.2, 0) is 4.79 Å². The number of aromatic nitrogens is 2. The second-order valence-corrected chi connectivity index (χ2v) is 11.2. The van der Waals surface area contributed by atoms with Crippen LogP contribution in [0.3, 0.4) is 0 Å². The summed E-state index contributed by atoms with van der Waals surface area (Å²) < 4.78 is 2.15. The number of aryl methyl sites for hydroxylation is 1. The average molecular weight is 485 g/mol. The van der Waals surface area contributed by atoms with Crippen molar-refractivity contribution in [3.05, 3.63) is 44.7 Å². The summed E-state index contributed by atoms with van der Waals surface area (Å²) in [4.78, 5) is 36.1. The highest BCUT2D eigenvalue weighted by atomic mass is 32.2. The molecule has 0 spiro atoms. The number of hydrogen-bond donors (Lipinski definition) is 0. The maximum atomic E-state index is 13.7. The number of rotatable bonds is 6. The molecule has 0 aliphatic carbocycles. The molecule has 2 saturated heterocycles. The van der Waals surface area contributed by atoms with E-state index in [9.17, 15) is 9.59 Å². The second-order valence-electron chi connectivity index (χ2n) is 9.48. The van der Waals surface area contributed by atoms with Gasteiger partial charge in [-0.15, -0.1) is 0 Å². The number of carbonyl (C=O) groups excluding carboxylic acids is 1. The molecule has 0 aromatic carbocycles. The van der Waals surface area contributed by atoms with Crippen LogP contribution in [0.1, 0.15) is 57.6 Å². The minimum absolute atomic E-state index is 0.110. The van der Waals surface area contributed by atoms with Crippen LogP contribution >= 0.6 is 24.0 Å². The summed E-state index contributed by atoms with van der Waals surface area (Å²) in [6.07, 6.45) is 7.75. The number of hydrogen-bond acceptors (Lipinski definition) is 6. The highest BCUT2D eigenvalue weighted by Gasteiger charge is 2.33. The van der Waals surface area contributed by atoms with Crippen LogP contribution in [0.15, 0.2) is 28.0 Å². The van der Waals surface area contributed by atoms with Gasteiger partial charge in [-0.05, 0) is 49.3 Å². The molecule has 4 rings (SSSR count). The molecule has 0 saturated carbocycles. The van der Waals surface area contributed by atoms with Gasteiger partial charge >= 0.3 is 0 Å². The van der Waals surface area contributed by atoms with Crippen LogP contribution in [0, 0.1) is 18.8 Å². The van der Waals surface area contributed by atoms with Crippen molar-refractivity contribution >= 4 is 51.7 Å². The Balaban J connectivity index is 1.80. The molecule has 33 heavy (non-hydrogen) atoms. The van der Waals surface area contributed by atoms with Crippen molar-refractivity contribution in [2.24, 2.45) is 11.8 Å². The molecule has 2 aliphatic rings. The molecule has 4 heterocycles. The van der Waals surface area contributed by atoms with E-state index in [1.165, 1.54) is 11.8 Å². The molecule has 0 radical (unpaired) electrons. The molecule has 176 valence electrons. The fourth-order valence-corrected chi connectivity index (χ4v) is 6.08. The first-order chi connectivity index (χ1) is 15.8. The summed E-state index contributed by atoms with van der Waals surface area (Å²) >= 11 is 6.78. The second kappa shape index (κ2) is 9.97. The Morgan fingerprint density at radius 3 is 2.61 bits per heavy atom. The van der Waals surface area contributed by atoms with Gasteiger partial charge in [0.2, 0.25) is 0 Å². The van der Waals surface area contributed by atoms with Gasteiger partial charge in [-0.3, -0.25) is 18.9 Å². The summed E-state index contributed by atoms with van der Waals surface area (Å²) in [5.41, 5.74) is 1.91. The van der Waals surface area contributed by atoms with Crippen LogP contribution in [0.2, 0.25) is 0 Å². The Labute approximate surface area is 205 Å². The molecular formula is C25H32N4O2S2. The highest BCUT2D eigenvalue weighted by molar-refractivity contribution is 8.26. The van der Waals surface area contributed by atoms with E-state index in [0.29, 0.717) is 44.6 Å². The lowest BCUT2D eigenvalue weighted by Gasteiger charge is -2.36. The number of nitrogens with zero attached hydrogens (tertiary/aromatic N) is 4. The zero-order valence-corrected chi connectivity index (χ0v) is 21.5. The molecule has 2 unspecified atom stereocenters. The number of carbonyl (C=O) groups is 1. The summed E-state index contributed by atoms with van der Waals surface area (Å²) in [6.45, 7) is 10.9. The smallest absolute Gasteiger partial charge is 0.267 e. The minimum atomic E-state index is -0.152. The Hall–Kier alpha value is -2.19. The predicted molar refractivity (Wildman–Crippen MR) is 141 cm³/mol. The minimum Gasteiger partial charge on any atom is -0.355 e. The average Bonchev–Trinajstić information content (AvgIpc) is 3.02. The van der Waals surface area contributed by atoms with Crippen molar-refractivity contribution in [1.82, 2.24) is 14.3 Å². The zero-order chi connectivity index (χ0) is 23.7. The first kappa shape index (κ1) is 24.0. The van der Waals surface area contributed by atoms with Crippen molar-refractivity contribution in [1.29, 1.82) is 0 Å². The highest BCUT2D eigenvalue weighted by Crippen LogP contribution is 2.34. The molecule has 2 fully saturated rings. The van der Waals surface area contributed by atoms with E-state index in [1.807, 2.05) is 25.3 Å². The van der Waals surface area contributed by atoms with Gasteiger partial charge in [-0.1, -0.05) is 63.7 Å². The van der Waals surface area contributed by atoms with E-state index in [0.717, 1.165) is 44.3 Å². The van der Waals surface area contributed by atoms with Crippen LogP contribution in [0.4, 0.5) is 5.82 Å². The molecule has 2 aliphatic heterocycles. The SMILES string of the molecule is CCCCCN1C(=O)/C(=C/c2c(N3CC(C)CC(C)C3)nc3ccc(C)cn3c2=O)SC1=S. The van der Waals surface area contributed by atoms with Gasteiger partial charge in [0.1, 0.15) is 15.8 Å². The van der Waals surface area contributed by atoms with Crippen molar-refractivity contribution in [3.8, 4) is 0 Å². The molecule has 6 nitrogen and oxygen atoms in total. The third kappa shape index (κ3) is 5.01. The van der Waals surface area contributed by atoms with E-state index < -0.39 is 0 Å². The van der Waals surface area contributed by atoms with Crippen LogP contribution in [-0.4, -0.2) is 44.1 Å². The van der Waals surface area contributed by atoms with E-state index in [2.05, 4.69) is 25.7 Å². The maximum Gasteiger partial charge on any atom is 0.267 e. The fourth-order valence-electron chi connectivity index (χ4n) is 4.79. The normalized spacial score (nSPS) is 22.7. The number of amides is 1. The van der Waals surface area contributed by atoms with Crippen LogP contribution < -0.4 is 10.5 Å². The third-order valence-electron chi connectivity index (χ3n) is 6.29. The molecule has 2 aromatic rings. The lowest BCUT2D eigenvalue weighted by molar-refractivity contribution is -0.122. The standard InChI is InChI=1S/C25H32N4O2S2/c1-5-6-7-10-28-24(31)20(33-25(28)32)12-19-22(27-13-17(3)11-18(4)14-27)26-21-9-8-16(2)15-29(21)23(19)30/h8-9,12,15,17-18H,5-7,10-11,13-14H2,1-4H3/b20-12-. The number of thioether (sulfide) groups is 1. The van der Waals surface area contributed by atoms with E-state index in [1.54, 1.807) is 15.4 Å². The summed E-state index contributed by atoms with van der Waals surface area (Å²) in [6, 6.07) is 3.85. The van der Waals surface area contributed by atoms with Gasteiger partial charge in [0, 0.05) is 25.8 Å². The van der Waals surface area contributed by atoms with Gasteiger partial charge in [0.15, 0.2) is 0 Å². The zero-order valence-electron chi connectivity index (χ0n) is 19.8.